The number of ketones is 1. The fraction of sp³-hybridized carbons (Fsp3) is 0.526. The van der Waals surface area contributed by atoms with Crippen LogP contribution in [0.3, 0.4) is 0 Å². The Hall–Kier alpha value is -2.21. The summed E-state index contributed by atoms with van der Waals surface area (Å²) in [5.41, 5.74) is 1.10. The first-order valence-electron chi connectivity index (χ1n) is 8.85. The molecule has 2 aliphatic rings. The normalized spacial score (nSPS) is 26.0. The van der Waals surface area contributed by atoms with Gasteiger partial charge in [0.2, 0.25) is 5.91 Å². The molecular weight excluding hydrogens is 320 g/mol. The van der Waals surface area contributed by atoms with Crippen LogP contribution in [0.15, 0.2) is 24.3 Å². The molecule has 2 N–H and O–H groups in total. The van der Waals surface area contributed by atoms with Crippen molar-refractivity contribution in [2.45, 2.75) is 51.1 Å². The van der Waals surface area contributed by atoms with E-state index in [9.17, 15) is 19.5 Å². The summed E-state index contributed by atoms with van der Waals surface area (Å²) in [6.45, 7) is 1.55. The minimum Gasteiger partial charge on any atom is -0.480 e. The highest BCUT2D eigenvalue weighted by Gasteiger charge is 2.45. The van der Waals surface area contributed by atoms with Crippen LogP contribution in [0.4, 0.5) is 5.69 Å². The minimum absolute atomic E-state index is 0.0633. The lowest BCUT2D eigenvalue weighted by Gasteiger charge is -2.32. The first-order chi connectivity index (χ1) is 12.0. The van der Waals surface area contributed by atoms with E-state index in [4.69, 9.17) is 0 Å². The van der Waals surface area contributed by atoms with Gasteiger partial charge in [0, 0.05) is 17.3 Å². The molecule has 1 saturated carbocycles. The van der Waals surface area contributed by atoms with Crippen molar-refractivity contribution < 1.29 is 19.5 Å². The number of likely N-dealkylation sites (tertiary alicyclic amines) is 1. The molecule has 3 unspecified atom stereocenters. The van der Waals surface area contributed by atoms with Gasteiger partial charge in [-0.1, -0.05) is 25.0 Å². The zero-order chi connectivity index (χ0) is 18.0. The van der Waals surface area contributed by atoms with Crippen LogP contribution in [0.1, 0.15) is 49.4 Å². The lowest BCUT2D eigenvalue weighted by Crippen LogP contribution is -2.46. The van der Waals surface area contributed by atoms with Crippen molar-refractivity contribution in [1.29, 1.82) is 0 Å². The Morgan fingerprint density at radius 3 is 2.72 bits per heavy atom. The molecular formula is C19H24N2O4. The molecule has 0 radical (unpaired) electrons. The molecule has 2 fully saturated rings. The maximum Gasteiger partial charge on any atom is 0.320 e. The van der Waals surface area contributed by atoms with Crippen LogP contribution in [0, 0.1) is 5.92 Å². The second-order valence-corrected chi connectivity index (χ2v) is 7.06. The van der Waals surface area contributed by atoms with Gasteiger partial charge < -0.3 is 10.4 Å². The smallest absolute Gasteiger partial charge is 0.320 e. The zero-order valence-electron chi connectivity index (χ0n) is 14.4. The fourth-order valence-electron chi connectivity index (χ4n) is 4.21. The Morgan fingerprint density at radius 1 is 1.24 bits per heavy atom. The van der Waals surface area contributed by atoms with Crippen molar-refractivity contribution in [3.63, 3.8) is 0 Å². The lowest BCUT2D eigenvalue weighted by atomic mass is 9.85. The molecule has 134 valence electrons. The molecule has 6 nitrogen and oxygen atoms in total. The van der Waals surface area contributed by atoms with Crippen molar-refractivity contribution >= 4 is 23.3 Å². The molecule has 3 rings (SSSR count). The predicted octanol–water partition coefficient (Wildman–Crippen LogP) is 2.55. The van der Waals surface area contributed by atoms with E-state index in [-0.39, 0.29) is 24.3 Å². The number of carboxylic acid groups (broad SMARTS) is 1. The largest absolute Gasteiger partial charge is 0.480 e. The summed E-state index contributed by atoms with van der Waals surface area (Å²) >= 11 is 0. The van der Waals surface area contributed by atoms with Gasteiger partial charge >= 0.3 is 5.97 Å². The molecule has 6 heteroatoms. The van der Waals surface area contributed by atoms with E-state index < -0.39 is 12.0 Å². The van der Waals surface area contributed by atoms with Crippen LogP contribution in [-0.4, -0.2) is 46.3 Å². The first kappa shape index (κ1) is 17.6. The number of hydrogen-bond donors (Lipinski definition) is 2. The zero-order valence-corrected chi connectivity index (χ0v) is 14.4. The number of amides is 1. The molecule has 0 aromatic heterocycles. The van der Waals surface area contributed by atoms with Crippen LogP contribution >= 0.6 is 0 Å². The Kier molecular flexibility index (Phi) is 5.18. The summed E-state index contributed by atoms with van der Waals surface area (Å²) in [5.74, 6) is -0.769. The van der Waals surface area contributed by atoms with Gasteiger partial charge in [0.15, 0.2) is 5.78 Å². The van der Waals surface area contributed by atoms with Crippen LogP contribution in [-0.2, 0) is 9.59 Å². The molecule has 1 aromatic carbocycles. The standard InChI is InChI=1S/C19H24N2O4/c1-12(22)13-6-4-7-15(9-13)20-18(23)11-21-16-8-3-2-5-14(16)10-17(21)19(24)25/h4,6-7,9,14,16-17H,2-3,5,8,10-11H2,1H3,(H,20,23)(H,24,25). The van der Waals surface area contributed by atoms with Crippen molar-refractivity contribution in [2.75, 3.05) is 11.9 Å². The topological polar surface area (TPSA) is 86.7 Å². The van der Waals surface area contributed by atoms with Crippen LogP contribution in [0.2, 0.25) is 0 Å². The molecule has 1 aromatic rings. The van der Waals surface area contributed by atoms with E-state index >= 15 is 0 Å². The third kappa shape index (κ3) is 3.90. The Bertz CT molecular complexity index is 688. The van der Waals surface area contributed by atoms with E-state index in [1.807, 2.05) is 4.90 Å². The van der Waals surface area contributed by atoms with Gasteiger partial charge in [0.05, 0.1) is 6.54 Å². The Balaban J connectivity index is 1.69. The van der Waals surface area contributed by atoms with E-state index in [0.29, 0.717) is 23.6 Å². The minimum atomic E-state index is -0.847. The second kappa shape index (κ2) is 7.35. The van der Waals surface area contributed by atoms with Gasteiger partial charge in [-0.2, -0.15) is 0 Å². The number of benzene rings is 1. The highest BCUT2D eigenvalue weighted by atomic mass is 16.4. The van der Waals surface area contributed by atoms with Gasteiger partial charge in [-0.3, -0.25) is 19.3 Å². The summed E-state index contributed by atoms with van der Waals surface area (Å²) in [5, 5.41) is 12.3. The maximum absolute atomic E-state index is 12.5. The Morgan fingerprint density at radius 2 is 2.00 bits per heavy atom. The van der Waals surface area contributed by atoms with Gasteiger partial charge in [0.1, 0.15) is 6.04 Å². The van der Waals surface area contributed by atoms with Gasteiger partial charge in [-0.15, -0.1) is 0 Å². The second-order valence-electron chi connectivity index (χ2n) is 7.06. The number of aliphatic carboxylic acids is 1. The summed E-state index contributed by atoms with van der Waals surface area (Å²) in [7, 11) is 0. The van der Waals surface area contributed by atoms with Crippen LogP contribution in [0.25, 0.3) is 0 Å². The van der Waals surface area contributed by atoms with Gasteiger partial charge in [0.25, 0.3) is 0 Å². The Labute approximate surface area is 147 Å². The number of carbonyl (C=O) groups excluding carboxylic acids is 2. The maximum atomic E-state index is 12.5. The third-order valence-corrected chi connectivity index (χ3v) is 5.39. The quantitative estimate of drug-likeness (QED) is 0.802. The summed E-state index contributed by atoms with van der Waals surface area (Å²) in [6.07, 6.45) is 4.87. The highest BCUT2D eigenvalue weighted by molar-refractivity contribution is 5.97. The molecule has 25 heavy (non-hydrogen) atoms. The van der Waals surface area contributed by atoms with E-state index in [1.165, 1.54) is 6.92 Å². The molecule has 1 amide bonds. The van der Waals surface area contributed by atoms with Crippen molar-refractivity contribution in [2.24, 2.45) is 5.92 Å². The summed E-state index contributed by atoms with van der Waals surface area (Å²) < 4.78 is 0. The summed E-state index contributed by atoms with van der Waals surface area (Å²) in [6, 6.07) is 6.39. The average molecular weight is 344 g/mol. The number of anilines is 1. The third-order valence-electron chi connectivity index (χ3n) is 5.39. The molecule has 1 saturated heterocycles. The van der Waals surface area contributed by atoms with Crippen molar-refractivity contribution in [3.8, 4) is 0 Å². The van der Waals surface area contributed by atoms with E-state index in [2.05, 4.69) is 5.32 Å². The summed E-state index contributed by atoms with van der Waals surface area (Å²) in [4.78, 5) is 37.4. The van der Waals surface area contributed by atoms with Crippen LogP contribution in [0.5, 0.6) is 0 Å². The van der Waals surface area contributed by atoms with Crippen LogP contribution < -0.4 is 5.32 Å². The number of fused-ring (bicyclic) bond motifs is 1. The average Bonchev–Trinajstić information content (AvgIpc) is 2.94. The molecule has 0 bridgehead atoms. The molecule has 1 aliphatic carbocycles. The van der Waals surface area contributed by atoms with E-state index in [1.54, 1.807) is 24.3 Å². The number of carbonyl (C=O) groups is 3. The number of rotatable bonds is 5. The van der Waals surface area contributed by atoms with E-state index in [0.717, 1.165) is 25.7 Å². The van der Waals surface area contributed by atoms with Crippen molar-refractivity contribution in [1.82, 2.24) is 4.90 Å². The predicted molar refractivity (Wildman–Crippen MR) is 93.6 cm³/mol. The highest BCUT2D eigenvalue weighted by Crippen LogP contribution is 2.39. The SMILES string of the molecule is CC(=O)c1cccc(NC(=O)CN2C(C(=O)O)CC3CCCCC32)c1. The van der Waals surface area contributed by atoms with Crippen molar-refractivity contribution in [3.05, 3.63) is 29.8 Å². The number of nitrogens with zero attached hydrogens (tertiary/aromatic N) is 1. The van der Waals surface area contributed by atoms with Gasteiger partial charge in [-0.05, 0) is 44.2 Å². The number of nitrogens with one attached hydrogen (secondary N) is 1. The monoisotopic (exact) mass is 344 g/mol. The lowest BCUT2D eigenvalue weighted by molar-refractivity contribution is -0.143. The first-order valence-corrected chi connectivity index (χ1v) is 8.85. The number of carboxylic acids is 1. The fourth-order valence-corrected chi connectivity index (χ4v) is 4.21. The molecule has 3 atom stereocenters. The molecule has 1 aliphatic heterocycles. The number of hydrogen-bond acceptors (Lipinski definition) is 4. The molecule has 1 heterocycles. The van der Waals surface area contributed by atoms with Gasteiger partial charge in [-0.25, -0.2) is 0 Å². The molecule has 0 spiro atoms. The number of Topliss-reactive ketones (excluding diaryl/α,β-unsaturated/α-hetero) is 1.